The lowest BCUT2D eigenvalue weighted by molar-refractivity contribution is 0.00155. The number of rotatable bonds is 6. The van der Waals surface area contributed by atoms with Crippen LogP contribution in [-0.4, -0.2) is 0 Å². The molecule has 3 rings (SSSR count). The van der Waals surface area contributed by atoms with Crippen molar-refractivity contribution < 1.29 is 0 Å². The van der Waals surface area contributed by atoms with Gasteiger partial charge < -0.3 is 0 Å². The molecule has 0 aromatic heterocycles. The van der Waals surface area contributed by atoms with E-state index in [1.807, 2.05) is 0 Å². The molecule has 3 fully saturated rings. The van der Waals surface area contributed by atoms with E-state index in [1.165, 1.54) is 64.2 Å². The monoisotopic (exact) mass is 302 g/mol. The van der Waals surface area contributed by atoms with Crippen molar-refractivity contribution >= 4 is 0 Å². The maximum absolute atomic E-state index is 2.67. The van der Waals surface area contributed by atoms with Gasteiger partial charge in [0.25, 0.3) is 0 Å². The summed E-state index contributed by atoms with van der Waals surface area (Å²) in [4.78, 5) is 0. The van der Waals surface area contributed by atoms with Crippen LogP contribution in [0.2, 0.25) is 0 Å². The molecule has 3 saturated carbocycles. The Morgan fingerprint density at radius 1 is 1.00 bits per heavy atom. The van der Waals surface area contributed by atoms with Crippen LogP contribution in [0.25, 0.3) is 0 Å². The molecule has 0 radical (unpaired) electrons. The van der Waals surface area contributed by atoms with Crippen molar-refractivity contribution in [2.24, 2.45) is 27.6 Å². The number of fused-ring (bicyclic) bond motifs is 1. The highest BCUT2D eigenvalue weighted by molar-refractivity contribution is 5.32. The molecule has 3 aliphatic carbocycles. The van der Waals surface area contributed by atoms with Crippen molar-refractivity contribution in [3.05, 3.63) is 12.2 Å². The maximum Gasteiger partial charge on any atom is -0.00532 e. The Kier molecular flexibility index (Phi) is 4.06. The van der Waals surface area contributed by atoms with Gasteiger partial charge in [-0.3, -0.25) is 0 Å². The normalized spacial score (nSPS) is 50.7. The van der Waals surface area contributed by atoms with E-state index in [0.717, 1.165) is 5.92 Å². The number of hydrogen-bond acceptors (Lipinski definition) is 0. The molecule has 0 spiro atoms. The molecule has 0 N–H and O–H groups in total. The minimum atomic E-state index is 0.451. The highest BCUT2D eigenvalue weighted by atomic mass is 14.8. The molecule has 0 heterocycles. The van der Waals surface area contributed by atoms with Gasteiger partial charge in [-0.1, -0.05) is 72.0 Å². The largest absolute Gasteiger partial charge is 0.0911 e. The minimum absolute atomic E-state index is 0.451. The molecule has 0 aromatic carbocycles. The smallest absolute Gasteiger partial charge is 0.00532 e. The van der Waals surface area contributed by atoms with Crippen LogP contribution in [0, 0.1) is 27.6 Å². The molecule has 126 valence electrons. The fourth-order valence-electron chi connectivity index (χ4n) is 7.67. The molecule has 22 heavy (non-hydrogen) atoms. The lowest BCUT2D eigenvalue weighted by atomic mass is 9.56. The predicted octanol–water partition coefficient (Wildman–Crippen LogP) is 7.15. The first-order chi connectivity index (χ1) is 10.4. The van der Waals surface area contributed by atoms with Gasteiger partial charge in [-0.25, -0.2) is 0 Å². The average molecular weight is 303 g/mol. The Labute approximate surface area is 139 Å². The van der Waals surface area contributed by atoms with Gasteiger partial charge in [0.2, 0.25) is 0 Å². The zero-order chi connectivity index (χ0) is 16.1. The predicted molar refractivity (Wildman–Crippen MR) is 96.9 cm³/mol. The van der Waals surface area contributed by atoms with Crippen LogP contribution in [0.15, 0.2) is 12.2 Å². The van der Waals surface area contributed by atoms with Gasteiger partial charge in [0, 0.05) is 0 Å². The second-order valence-corrected chi connectivity index (χ2v) is 9.23. The summed E-state index contributed by atoms with van der Waals surface area (Å²) in [6, 6.07) is 0. The molecule has 0 saturated heterocycles. The number of allylic oxidation sites excluding steroid dienone is 2. The highest BCUT2D eigenvalue weighted by Crippen LogP contribution is 2.86. The highest BCUT2D eigenvalue weighted by Gasteiger charge is 2.79. The molecular weight excluding hydrogens is 264 g/mol. The van der Waals surface area contributed by atoms with Gasteiger partial charge in [-0.05, 0) is 66.6 Å². The van der Waals surface area contributed by atoms with Crippen molar-refractivity contribution in [3.8, 4) is 0 Å². The quantitative estimate of drug-likeness (QED) is 0.361. The first-order valence-corrected chi connectivity index (χ1v) is 10.1. The first-order valence-electron chi connectivity index (χ1n) is 10.1. The van der Waals surface area contributed by atoms with Crippen molar-refractivity contribution in [2.45, 2.75) is 98.8 Å². The van der Waals surface area contributed by atoms with Crippen molar-refractivity contribution in [3.63, 3.8) is 0 Å². The van der Waals surface area contributed by atoms with Gasteiger partial charge in [0.15, 0.2) is 0 Å². The second kappa shape index (κ2) is 5.38. The van der Waals surface area contributed by atoms with E-state index < -0.39 is 0 Å². The molecule has 0 aromatic rings. The fraction of sp³-hybridized carbons (Fsp3) is 0.909. The third-order valence-corrected chi connectivity index (χ3v) is 9.10. The van der Waals surface area contributed by atoms with Crippen LogP contribution in [0.1, 0.15) is 98.8 Å². The Morgan fingerprint density at radius 2 is 1.64 bits per heavy atom. The van der Waals surface area contributed by atoms with Gasteiger partial charge >= 0.3 is 0 Å². The second-order valence-electron chi connectivity index (χ2n) is 9.23. The van der Waals surface area contributed by atoms with E-state index in [2.05, 4.69) is 46.8 Å². The Hall–Kier alpha value is -0.260. The Balaban J connectivity index is 1.94. The zero-order valence-electron chi connectivity index (χ0n) is 15.8. The van der Waals surface area contributed by atoms with E-state index >= 15 is 0 Å². The molecule has 0 bridgehead atoms. The summed E-state index contributed by atoms with van der Waals surface area (Å²) in [7, 11) is 0. The summed E-state index contributed by atoms with van der Waals surface area (Å²) in [6.45, 7) is 12.3. The van der Waals surface area contributed by atoms with Crippen LogP contribution in [0.3, 0.4) is 0 Å². The molecule has 3 aliphatic rings. The molecule has 3 atom stereocenters. The fourth-order valence-corrected chi connectivity index (χ4v) is 7.67. The van der Waals surface area contributed by atoms with E-state index in [0.29, 0.717) is 21.7 Å². The summed E-state index contributed by atoms with van der Waals surface area (Å²) < 4.78 is 0. The SMILES string of the molecule is C/C=C\C1(C)C(C)C1(C)C12CCCC1(CCCCC)CCC2. The third-order valence-electron chi connectivity index (χ3n) is 9.10. The summed E-state index contributed by atoms with van der Waals surface area (Å²) >= 11 is 0. The van der Waals surface area contributed by atoms with Crippen LogP contribution in [0.5, 0.6) is 0 Å². The summed E-state index contributed by atoms with van der Waals surface area (Å²) in [6.07, 6.45) is 19.8. The van der Waals surface area contributed by atoms with Gasteiger partial charge in [0.05, 0.1) is 0 Å². The first kappa shape index (κ1) is 16.6. The maximum atomic E-state index is 2.67. The topological polar surface area (TPSA) is 0 Å². The standard InChI is InChI=1S/C22H38/c1-6-8-9-13-21-14-10-16-22(21,17-11-15-21)20(5)18(3)19(20,4)12-7-2/h7,12,18H,6,8-11,13-17H2,1-5H3/b12-7-. The van der Waals surface area contributed by atoms with E-state index in [1.54, 1.807) is 0 Å². The molecule has 3 unspecified atom stereocenters. The summed E-state index contributed by atoms with van der Waals surface area (Å²) in [5.41, 5.74) is 2.35. The zero-order valence-corrected chi connectivity index (χ0v) is 15.8. The van der Waals surface area contributed by atoms with Gasteiger partial charge in [-0.15, -0.1) is 0 Å². The lowest BCUT2D eigenvalue weighted by Crippen LogP contribution is -2.42. The van der Waals surface area contributed by atoms with Gasteiger partial charge in [0.1, 0.15) is 0 Å². The minimum Gasteiger partial charge on any atom is -0.0911 e. The Bertz CT molecular complexity index is 435. The van der Waals surface area contributed by atoms with Crippen molar-refractivity contribution in [2.75, 3.05) is 0 Å². The van der Waals surface area contributed by atoms with E-state index in [9.17, 15) is 0 Å². The van der Waals surface area contributed by atoms with Crippen LogP contribution < -0.4 is 0 Å². The molecular formula is C22H38. The van der Waals surface area contributed by atoms with Crippen LogP contribution >= 0.6 is 0 Å². The summed E-state index contributed by atoms with van der Waals surface area (Å²) in [5.74, 6) is 0.859. The summed E-state index contributed by atoms with van der Waals surface area (Å²) in [5, 5.41) is 0. The average Bonchev–Trinajstić information content (AvgIpc) is 2.85. The number of hydrogen-bond donors (Lipinski definition) is 0. The molecule has 0 heteroatoms. The van der Waals surface area contributed by atoms with E-state index in [-0.39, 0.29) is 0 Å². The van der Waals surface area contributed by atoms with Crippen molar-refractivity contribution in [1.82, 2.24) is 0 Å². The number of unbranched alkanes of at least 4 members (excludes halogenated alkanes) is 2. The lowest BCUT2D eigenvalue weighted by Gasteiger charge is -2.48. The molecule has 0 aliphatic heterocycles. The molecule has 0 amide bonds. The molecule has 0 nitrogen and oxygen atoms in total. The van der Waals surface area contributed by atoms with Crippen LogP contribution in [-0.2, 0) is 0 Å². The third kappa shape index (κ3) is 1.76. The van der Waals surface area contributed by atoms with E-state index in [4.69, 9.17) is 0 Å². The van der Waals surface area contributed by atoms with Crippen LogP contribution in [0.4, 0.5) is 0 Å². The van der Waals surface area contributed by atoms with Gasteiger partial charge in [-0.2, -0.15) is 0 Å². The van der Waals surface area contributed by atoms with Crippen molar-refractivity contribution in [1.29, 1.82) is 0 Å². The Morgan fingerprint density at radius 3 is 2.18 bits per heavy atom.